The topological polar surface area (TPSA) is 37.8 Å². The van der Waals surface area contributed by atoms with E-state index >= 15 is 0 Å². The summed E-state index contributed by atoms with van der Waals surface area (Å²) in [4.78, 5) is 0. The number of aromatic nitrogens is 2. The quantitative estimate of drug-likeness (QED) is 0.790. The Morgan fingerprint density at radius 2 is 2.05 bits per heavy atom. The average Bonchev–Trinajstić information content (AvgIpc) is 2.85. The monoisotopic (exact) mass is 307 g/mol. The average molecular weight is 307 g/mol. The molecule has 0 saturated heterocycles. The molecule has 0 bridgehead atoms. The van der Waals surface area contributed by atoms with Crippen molar-refractivity contribution < 1.29 is 4.39 Å². The smallest absolute Gasteiger partial charge is 0.147 e. The van der Waals surface area contributed by atoms with Crippen LogP contribution < -0.4 is 5.32 Å². The van der Waals surface area contributed by atoms with Crippen molar-refractivity contribution in [2.24, 2.45) is 5.92 Å². The minimum atomic E-state index is -0.223. The molecule has 0 aliphatic rings. The van der Waals surface area contributed by atoms with E-state index in [9.17, 15) is 4.39 Å². The Hall–Kier alpha value is -1.33. The van der Waals surface area contributed by atoms with Crippen LogP contribution in [0.5, 0.6) is 0 Å². The molecule has 0 aliphatic carbocycles. The van der Waals surface area contributed by atoms with Gasteiger partial charge in [-0.25, -0.2) is 4.39 Å². The lowest BCUT2D eigenvalue weighted by molar-refractivity contribution is 0.542. The van der Waals surface area contributed by atoms with Crippen molar-refractivity contribution in [3.05, 3.63) is 34.6 Å². The van der Waals surface area contributed by atoms with Gasteiger partial charge in [-0.3, -0.25) is 0 Å². The first-order valence-corrected chi connectivity index (χ1v) is 8.17. The molecule has 0 atom stereocenters. The van der Waals surface area contributed by atoms with Gasteiger partial charge >= 0.3 is 0 Å². The number of nitrogens with zero attached hydrogens (tertiary/aromatic N) is 2. The predicted octanol–water partition coefficient (Wildman–Crippen LogP) is 3.83. The second kappa shape index (κ2) is 7.61. The second-order valence-corrected chi connectivity index (χ2v) is 6.78. The molecule has 1 N–H and O–H groups in total. The van der Waals surface area contributed by atoms with Crippen molar-refractivity contribution in [3.63, 3.8) is 0 Å². The zero-order chi connectivity index (χ0) is 15.2. The summed E-state index contributed by atoms with van der Waals surface area (Å²) in [6.45, 7) is 8.32. The van der Waals surface area contributed by atoms with E-state index in [4.69, 9.17) is 0 Å². The van der Waals surface area contributed by atoms with Crippen LogP contribution in [-0.2, 0) is 6.42 Å². The van der Waals surface area contributed by atoms with Gasteiger partial charge in [0.25, 0.3) is 0 Å². The van der Waals surface area contributed by atoms with Gasteiger partial charge in [0.15, 0.2) is 0 Å². The third kappa shape index (κ3) is 5.17. The van der Waals surface area contributed by atoms with Gasteiger partial charge in [-0.1, -0.05) is 25.2 Å². The minimum absolute atomic E-state index is 0.223. The molecule has 2 aromatic rings. The number of hydrogen-bond acceptors (Lipinski definition) is 4. The Labute approximate surface area is 129 Å². The summed E-state index contributed by atoms with van der Waals surface area (Å²) in [5, 5.41) is 13.6. The van der Waals surface area contributed by atoms with Gasteiger partial charge in [-0.05, 0) is 56.1 Å². The van der Waals surface area contributed by atoms with Gasteiger partial charge < -0.3 is 5.32 Å². The SMILES string of the molecule is Cc1cc(F)cc(-c2nnc(CCCNCC(C)C)s2)c1. The lowest BCUT2D eigenvalue weighted by atomic mass is 10.1. The van der Waals surface area contributed by atoms with E-state index in [1.54, 1.807) is 11.3 Å². The van der Waals surface area contributed by atoms with Crippen LogP contribution in [0.2, 0.25) is 0 Å². The van der Waals surface area contributed by atoms with Gasteiger partial charge in [0.05, 0.1) is 0 Å². The fourth-order valence-corrected chi connectivity index (χ4v) is 2.96. The standard InChI is InChI=1S/C16H22FN3S/c1-11(2)10-18-6-4-5-15-19-20-16(21-15)13-7-12(3)8-14(17)9-13/h7-9,11,18H,4-6,10H2,1-3H3. The Balaban J connectivity index is 1.89. The van der Waals surface area contributed by atoms with Crippen molar-refractivity contribution in [1.82, 2.24) is 15.5 Å². The van der Waals surface area contributed by atoms with E-state index in [1.165, 1.54) is 12.1 Å². The number of rotatable bonds is 7. The Bertz CT molecular complexity index is 560. The molecule has 5 heteroatoms. The van der Waals surface area contributed by atoms with E-state index in [0.29, 0.717) is 5.92 Å². The van der Waals surface area contributed by atoms with E-state index in [2.05, 4.69) is 29.4 Å². The lowest BCUT2D eigenvalue weighted by Gasteiger charge is -2.05. The summed E-state index contributed by atoms with van der Waals surface area (Å²) in [6, 6.07) is 4.98. The van der Waals surface area contributed by atoms with Crippen LogP contribution >= 0.6 is 11.3 Å². The van der Waals surface area contributed by atoms with Gasteiger partial charge in [0.1, 0.15) is 15.8 Å². The van der Waals surface area contributed by atoms with E-state index in [-0.39, 0.29) is 5.82 Å². The summed E-state index contributed by atoms with van der Waals surface area (Å²) < 4.78 is 13.4. The third-order valence-corrected chi connectivity index (χ3v) is 4.08. The maximum atomic E-state index is 13.4. The Kier molecular flexibility index (Phi) is 5.82. The Morgan fingerprint density at radius 3 is 2.76 bits per heavy atom. The summed E-state index contributed by atoms with van der Waals surface area (Å²) in [7, 11) is 0. The zero-order valence-corrected chi connectivity index (χ0v) is 13.6. The van der Waals surface area contributed by atoms with Crippen molar-refractivity contribution >= 4 is 11.3 Å². The first-order valence-electron chi connectivity index (χ1n) is 7.35. The highest BCUT2D eigenvalue weighted by atomic mass is 32.1. The second-order valence-electron chi connectivity index (χ2n) is 5.72. The highest BCUT2D eigenvalue weighted by Gasteiger charge is 2.08. The van der Waals surface area contributed by atoms with Gasteiger partial charge in [-0.2, -0.15) is 0 Å². The molecule has 1 heterocycles. The molecule has 1 aromatic heterocycles. The summed E-state index contributed by atoms with van der Waals surface area (Å²) in [5.74, 6) is 0.453. The van der Waals surface area contributed by atoms with Crippen molar-refractivity contribution in [2.45, 2.75) is 33.6 Å². The highest BCUT2D eigenvalue weighted by molar-refractivity contribution is 7.14. The summed E-state index contributed by atoms with van der Waals surface area (Å²) in [6.07, 6.45) is 1.96. The van der Waals surface area contributed by atoms with Crippen molar-refractivity contribution in [3.8, 4) is 10.6 Å². The fourth-order valence-electron chi connectivity index (χ4n) is 2.09. The maximum absolute atomic E-state index is 13.4. The molecule has 0 unspecified atom stereocenters. The largest absolute Gasteiger partial charge is 0.316 e. The first-order chi connectivity index (χ1) is 10.0. The number of hydrogen-bond donors (Lipinski definition) is 1. The Morgan fingerprint density at radius 1 is 1.24 bits per heavy atom. The van der Waals surface area contributed by atoms with Crippen LogP contribution in [0.3, 0.4) is 0 Å². The van der Waals surface area contributed by atoms with Crippen molar-refractivity contribution in [1.29, 1.82) is 0 Å². The molecule has 3 nitrogen and oxygen atoms in total. The normalized spacial score (nSPS) is 11.3. The number of benzene rings is 1. The fraction of sp³-hybridized carbons (Fsp3) is 0.500. The minimum Gasteiger partial charge on any atom is -0.316 e. The van der Waals surface area contributed by atoms with Crippen LogP contribution in [0.15, 0.2) is 18.2 Å². The summed E-state index contributed by atoms with van der Waals surface area (Å²) in [5.41, 5.74) is 1.72. The summed E-state index contributed by atoms with van der Waals surface area (Å²) >= 11 is 1.55. The lowest BCUT2D eigenvalue weighted by Crippen LogP contribution is -2.21. The predicted molar refractivity (Wildman–Crippen MR) is 86.1 cm³/mol. The number of halogens is 1. The number of nitrogens with one attached hydrogen (secondary N) is 1. The molecule has 0 fully saturated rings. The van der Waals surface area contributed by atoms with Crippen LogP contribution in [0.1, 0.15) is 30.8 Å². The molecule has 0 saturated carbocycles. The van der Waals surface area contributed by atoms with E-state index < -0.39 is 0 Å². The third-order valence-electron chi connectivity index (χ3n) is 3.05. The van der Waals surface area contributed by atoms with E-state index in [0.717, 1.165) is 47.1 Å². The van der Waals surface area contributed by atoms with Crippen LogP contribution in [-0.4, -0.2) is 23.3 Å². The maximum Gasteiger partial charge on any atom is 0.147 e. The van der Waals surface area contributed by atoms with Crippen LogP contribution in [0.25, 0.3) is 10.6 Å². The molecule has 0 radical (unpaired) electrons. The molecule has 21 heavy (non-hydrogen) atoms. The van der Waals surface area contributed by atoms with Gasteiger partial charge in [-0.15, -0.1) is 10.2 Å². The molecule has 1 aromatic carbocycles. The van der Waals surface area contributed by atoms with Crippen molar-refractivity contribution in [2.75, 3.05) is 13.1 Å². The van der Waals surface area contributed by atoms with Gasteiger partial charge in [0.2, 0.25) is 0 Å². The van der Waals surface area contributed by atoms with Crippen LogP contribution in [0, 0.1) is 18.7 Å². The number of aryl methyl sites for hydroxylation is 2. The van der Waals surface area contributed by atoms with Gasteiger partial charge in [0, 0.05) is 12.0 Å². The first kappa shape index (κ1) is 16.0. The van der Waals surface area contributed by atoms with Crippen LogP contribution in [0.4, 0.5) is 4.39 Å². The van der Waals surface area contributed by atoms with E-state index in [1.807, 2.05) is 13.0 Å². The molecule has 0 spiro atoms. The molecule has 2 rings (SSSR count). The molecule has 114 valence electrons. The zero-order valence-electron chi connectivity index (χ0n) is 12.8. The molecule has 0 amide bonds. The highest BCUT2D eigenvalue weighted by Crippen LogP contribution is 2.25. The molecular weight excluding hydrogens is 285 g/mol. The molecular formula is C16H22FN3S. The molecule has 0 aliphatic heterocycles.